The zero-order chi connectivity index (χ0) is 23.5. The molecule has 4 aromatic rings. The molecule has 0 spiro atoms. The number of amides is 1. The molecule has 1 aliphatic rings. The zero-order valence-electron chi connectivity index (χ0n) is 20.0. The SMILES string of the molecule is COc1ccc2[nH]cc(CCNC(=O)CN3CCC(Cn4c(C)nc5ccccc54)CC3)c2c1. The highest BCUT2D eigenvalue weighted by atomic mass is 16.5. The maximum absolute atomic E-state index is 12.5. The first-order valence-electron chi connectivity index (χ1n) is 12.2. The number of imidazole rings is 1. The van der Waals surface area contributed by atoms with E-state index in [-0.39, 0.29) is 5.91 Å². The van der Waals surface area contributed by atoms with Gasteiger partial charge in [0.2, 0.25) is 5.91 Å². The number of hydrogen-bond acceptors (Lipinski definition) is 4. The van der Waals surface area contributed by atoms with Gasteiger partial charge in [0.1, 0.15) is 11.6 Å². The monoisotopic (exact) mass is 459 g/mol. The van der Waals surface area contributed by atoms with E-state index in [2.05, 4.69) is 44.9 Å². The Balaban J connectivity index is 1.07. The summed E-state index contributed by atoms with van der Waals surface area (Å²) in [5, 5.41) is 4.25. The highest BCUT2D eigenvalue weighted by Gasteiger charge is 2.22. The molecule has 0 bridgehead atoms. The molecule has 1 fully saturated rings. The number of nitrogens with one attached hydrogen (secondary N) is 2. The number of carbonyl (C=O) groups excluding carboxylic acids is 1. The highest BCUT2D eigenvalue weighted by Crippen LogP contribution is 2.25. The van der Waals surface area contributed by atoms with Gasteiger partial charge < -0.3 is 19.6 Å². The van der Waals surface area contributed by atoms with Crippen molar-refractivity contribution in [1.29, 1.82) is 0 Å². The standard InChI is InChI=1S/C27H33N5O2/c1-19-30-25-5-3-4-6-26(25)32(19)17-20-10-13-31(14-11-20)18-27(33)28-12-9-21-16-29-24-8-7-22(34-2)15-23(21)24/h3-8,15-16,20,29H,9-14,17-18H2,1-2H3,(H,28,33). The van der Waals surface area contributed by atoms with Gasteiger partial charge in [-0.3, -0.25) is 9.69 Å². The van der Waals surface area contributed by atoms with Crippen LogP contribution in [0.3, 0.4) is 0 Å². The maximum Gasteiger partial charge on any atom is 0.234 e. The molecule has 2 aromatic carbocycles. The predicted octanol–water partition coefficient (Wildman–Crippen LogP) is 3.91. The van der Waals surface area contributed by atoms with Crippen LogP contribution in [0, 0.1) is 12.8 Å². The van der Waals surface area contributed by atoms with Gasteiger partial charge in [0, 0.05) is 30.2 Å². The van der Waals surface area contributed by atoms with Gasteiger partial charge in [-0.05, 0) is 81.1 Å². The number of carbonyl (C=O) groups is 1. The molecular formula is C27H33N5O2. The van der Waals surface area contributed by atoms with Crippen LogP contribution in [0.2, 0.25) is 0 Å². The van der Waals surface area contributed by atoms with Gasteiger partial charge in [-0.25, -0.2) is 4.98 Å². The second kappa shape index (κ2) is 9.89. The van der Waals surface area contributed by atoms with Crippen molar-refractivity contribution in [3.63, 3.8) is 0 Å². The molecule has 0 saturated carbocycles. The van der Waals surface area contributed by atoms with Gasteiger partial charge in [-0.2, -0.15) is 0 Å². The molecule has 0 atom stereocenters. The van der Waals surface area contributed by atoms with E-state index in [0.29, 0.717) is 19.0 Å². The van der Waals surface area contributed by atoms with Crippen LogP contribution in [0.4, 0.5) is 0 Å². The second-order valence-corrected chi connectivity index (χ2v) is 9.30. The molecule has 34 heavy (non-hydrogen) atoms. The number of rotatable bonds is 8. The topological polar surface area (TPSA) is 75.2 Å². The van der Waals surface area contributed by atoms with Gasteiger partial charge in [0.25, 0.3) is 0 Å². The third kappa shape index (κ3) is 4.80. The lowest BCUT2D eigenvalue weighted by molar-refractivity contribution is -0.122. The molecule has 0 aliphatic carbocycles. The van der Waals surface area contributed by atoms with Crippen LogP contribution in [0.15, 0.2) is 48.7 Å². The average molecular weight is 460 g/mol. The lowest BCUT2D eigenvalue weighted by Crippen LogP contribution is -2.42. The Labute approximate surface area is 200 Å². The number of H-pyrrole nitrogens is 1. The van der Waals surface area contributed by atoms with Gasteiger partial charge >= 0.3 is 0 Å². The van der Waals surface area contributed by atoms with Gasteiger partial charge in [0.15, 0.2) is 0 Å². The quantitative estimate of drug-likeness (QED) is 0.419. The molecule has 7 heteroatoms. The van der Waals surface area contributed by atoms with Gasteiger partial charge in [-0.1, -0.05) is 12.1 Å². The summed E-state index contributed by atoms with van der Waals surface area (Å²) in [5.41, 5.74) is 4.57. The zero-order valence-corrected chi connectivity index (χ0v) is 20.0. The minimum Gasteiger partial charge on any atom is -0.497 e. The third-order valence-corrected chi connectivity index (χ3v) is 7.05. The average Bonchev–Trinajstić information content (AvgIpc) is 3.40. The highest BCUT2D eigenvalue weighted by molar-refractivity contribution is 5.85. The number of nitrogens with zero attached hydrogens (tertiary/aromatic N) is 3. The number of aromatic nitrogens is 3. The number of piperidine rings is 1. The summed E-state index contributed by atoms with van der Waals surface area (Å²) < 4.78 is 7.69. The molecule has 1 aliphatic heterocycles. The Morgan fingerprint density at radius 3 is 2.85 bits per heavy atom. The largest absolute Gasteiger partial charge is 0.497 e. The van der Waals surface area contributed by atoms with Crippen LogP contribution in [0.1, 0.15) is 24.2 Å². The van der Waals surface area contributed by atoms with Crippen molar-refractivity contribution in [2.75, 3.05) is 33.3 Å². The van der Waals surface area contributed by atoms with Crippen LogP contribution >= 0.6 is 0 Å². The Morgan fingerprint density at radius 1 is 1.21 bits per heavy atom. The number of aromatic amines is 1. The van der Waals surface area contributed by atoms with Crippen LogP contribution < -0.4 is 10.1 Å². The minimum atomic E-state index is 0.104. The molecule has 2 aromatic heterocycles. The van der Waals surface area contributed by atoms with Crippen LogP contribution in [0.5, 0.6) is 5.75 Å². The van der Waals surface area contributed by atoms with E-state index in [9.17, 15) is 4.79 Å². The summed E-state index contributed by atoms with van der Waals surface area (Å²) in [5.74, 6) is 2.65. The molecule has 1 amide bonds. The first-order valence-corrected chi connectivity index (χ1v) is 12.2. The van der Waals surface area contributed by atoms with Crippen molar-refractivity contribution in [2.45, 2.75) is 32.7 Å². The lowest BCUT2D eigenvalue weighted by Gasteiger charge is -2.31. The number of ether oxygens (including phenoxy) is 1. The van der Waals surface area contributed by atoms with Crippen molar-refractivity contribution in [1.82, 2.24) is 24.8 Å². The summed E-state index contributed by atoms with van der Waals surface area (Å²) in [6, 6.07) is 14.4. The van der Waals surface area contributed by atoms with E-state index in [1.165, 1.54) is 11.1 Å². The number of para-hydroxylation sites is 2. The number of aryl methyl sites for hydroxylation is 1. The lowest BCUT2D eigenvalue weighted by atomic mass is 9.96. The normalized spacial score (nSPS) is 15.2. The van der Waals surface area contributed by atoms with E-state index in [4.69, 9.17) is 9.72 Å². The van der Waals surface area contributed by atoms with Crippen molar-refractivity contribution in [3.05, 3.63) is 60.0 Å². The summed E-state index contributed by atoms with van der Waals surface area (Å²) in [6.07, 6.45) is 5.03. The molecule has 2 N–H and O–H groups in total. The third-order valence-electron chi connectivity index (χ3n) is 7.05. The van der Waals surface area contributed by atoms with Crippen LogP contribution in [-0.2, 0) is 17.8 Å². The first kappa shape index (κ1) is 22.5. The van der Waals surface area contributed by atoms with Gasteiger partial charge in [-0.15, -0.1) is 0 Å². The summed E-state index contributed by atoms with van der Waals surface area (Å²) in [7, 11) is 1.68. The smallest absolute Gasteiger partial charge is 0.234 e. The Morgan fingerprint density at radius 2 is 2.03 bits per heavy atom. The Bertz CT molecular complexity index is 1280. The number of fused-ring (bicyclic) bond motifs is 2. The molecule has 1 saturated heterocycles. The van der Waals surface area contributed by atoms with Crippen LogP contribution in [-0.4, -0.2) is 58.6 Å². The second-order valence-electron chi connectivity index (χ2n) is 9.30. The molecule has 5 rings (SSSR count). The molecule has 178 valence electrons. The molecule has 0 radical (unpaired) electrons. The number of methoxy groups -OCH3 is 1. The summed E-state index contributed by atoms with van der Waals surface area (Å²) in [4.78, 5) is 22.8. The fourth-order valence-electron chi connectivity index (χ4n) is 5.10. The van der Waals surface area contributed by atoms with E-state index in [1.807, 2.05) is 30.5 Å². The molecular weight excluding hydrogens is 426 g/mol. The van der Waals surface area contributed by atoms with Crippen molar-refractivity contribution < 1.29 is 9.53 Å². The first-order chi connectivity index (χ1) is 16.6. The minimum absolute atomic E-state index is 0.104. The van der Waals surface area contributed by atoms with Crippen molar-refractivity contribution in [2.24, 2.45) is 5.92 Å². The maximum atomic E-state index is 12.5. The number of likely N-dealkylation sites (tertiary alicyclic amines) is 1. The molecule has 0 unspecified atom stereocenters. The van der Waals surface area contributed by atoms with Crippen molar-refractivity contribution in [3.8, 4) is 5.75 Å². The molecule has 3 heterocycles. The van der Waals surface area contributed by atoms with E-state index >= 15 is 0 Å². The Hall–Kier alpha value is -3.32. The Kier molecular flexibility index (Phi) is 6.54. The van der Waals surface area contributed by atoms with Gasteiger partial charge in [0.05, 0.1) is 24.7 Å². The number of hydrogen-bond donors (Lipinski definition) is 2. The van der Waals surface area contributed by atoms with Crippen molar-refractivity contribution >= 4 is 27.8 Å². The van der Waals surface area contributed by atoms with Crippen LogP contribution in [0.25, 0.3) is 21.9 Å². The fraction of sp³-hybridized carbons (Fsp3) is 0.407. The van der Waals surface area contributed by atoms with E-state index < -0.39 is 0 Å². The van der Waals surface area contributed by atoms with E-state index in [1.54, 1.807) is 7.11 Å². The van der Waals surface area contributed by atoms with E-state index in [0.717, 1.165) is 66.9 Å². The molecule has 7 nitrogen and oxygen atoms in total. The predicted molar refractivity (Wildman–Crippen MR) is 135 cm³/mol. The summed E-state index contributed by atoms with van der Waals surface area (Å²) >= 11 is 0. The summed E-state index contributed by atoms with van der Waals surface area (Å²) in [6.45, 7) is 6.12. The fourth-order valence-corrected chi connectivity index (χ4v) is 5.10. The number of benzene rings is 2.